The SMILES string of the molecule is Cc1ccc(N(CC(=O)NN=C2CCCCCCC2)S(=O)(=O)c2ccc(F)cc2)cc1. The lowest BCUT2D eigenvalue weighted by Gasteiger charge is -2.24. The zero-order valence-corrected chi connectivity index (χ0v) is 18.5. The molecule has 2 aromatic carbocycles. The van der Waals surface area contributed by atoms with Crippen LogP contribution in [0.3, 0.4) is 0 Å². The highest BCUT2D eigenvalue weighted by Crippen LogP contribution is 2.24. The van der Waals surface area contributed by atoms with Crippen LogP contribution in [0.15, 0.2) is 58.5 Å². The highest BCUT2D eigenvalue weighted by Gasteiger charge is 2.27. The molecule has 0 radical (unpaired) electrons. The van der Waals surface area contributed by atoms with Crippen LogP contribution in [0.5, 0.6) is 0 Å². The van der Waals surface area contributed by atoms with Crippen LogP contribution in [0.2, 0.25) is 0 Å². The minimum Gasteiger partial charge on any atom is -0.271 e. The second-order valence-corrected chi connectivity index (χ2v) is 9.64. The van der Waals surface area contributed by atoms with Gasteiger partial charge in [0.25, 0.3) is 15.9 Å². The zero-order chi connectivity index (χ0) is 22.3. The normalized spacial score (nSPS) is 15.0. The average Bonchev–Trinajstić information content (AvgIpc) is 2.72. The Morgan fingerprint density at radius 1 is 0.968 bits per heavy atom. The van der Waals surface area contributed by atoms with E-state index in [0.717, 1.165) is 66.2 Å². The van der Waals surface area contributed by atoms with Crippen molar-refractivity contribution >= 4 is 27.3 Å². The molecule has 0 saturated heterocycles. The van der Waals surface area contributed by atoms with E-state index in [-0.39, 0.29) is 4.90 Å². The number of nitrogens with zero attached hydrogens (tertiary/aromatic N) is 2. The Balaban J connectivity index is 1.82. The molecule has 0 spiro atoms. The third-order valence-corrected chi connectivity index (χ3v) is 7.07. The van der Waals surface area contributed by atoms with Gasteiger partial charge in [-0.05, 0) is 69.0 Å². The number of rotatable bonds is 6. The number of benzene rings is 2. The summed E-state index contributed by atoms with van der Waals surface area (Å²) in [6, 6.07) is 11.4. The lowest BCUT2D eigenvalue weighted by molar-refractivity contribution is -0.119. The number of hydrogen-bond donors (Lipinski definition) is 1. The van der Waals surface area contributed by atoms with E-state index in [0.29, 0.717) is 5.69 Å². The molecule has 1 N–H and O–H groups in total. The fraction of sp³-hybridized carbons (Fsp3) is 0.391. The Morgan fingerprint density at radius 2 is 1.55 bits per heavy atom. The highest BCUT2D eigenvalue weighted by molar-refractivity contribution is 7.92. The molecule has 0 bridgehead atoms. The number of hydrazone groups is 1. The minimum atomic E-state index is -4.08. The summed E-state index contributed by atoms with van der Waals surface area (Å²) in [6.45, 7) is 1.46. The molecule has 1 saturated carbocycles. The molecule has 6 nitrogen and oxygen atoms in total. The van der Waals surface area contributed by atoms with Crippen molar-refractivity contribution in [3.8, 4) is 0 Å². The van der Waals surface area contributed by atoms with Gasteiger partial charge < -0.3 is 0 Å². The number of halogens is 1. The fourth-order valence-electron chi connectivity index (χ4n) is 3.49. The fourth-order valence-corrected chi connectivity index (χ4v) is 4.91. The van der Waals surface area contributed by atoms with Crippen LogP contribution in [0, 0.1) is 12.7 Å². The Kier molecular flexibility index (Phi) is 7.79. The predicted octanol–water partition coefficient (Wildman–Crippen LogP) is 4.55. The maximum Gasteiger partial charge on any atom is 0.264 e. The summed E-state index contributed by atoms with van der Waals surface area (Å²) in [7, 11) is -4.08. The topological polar surface area (TPSA) is 78.8 Å². The van der Waals surface area contributed by atoms with Crippen LogP contribution in [0.25, 0.3) is 0 Å². The van der Waals surface area contributed by atoms with Crippen molar-refractivity contribution in [2.45, 2.75) is 56.8 Å². The van der Waals surface area contributed by atoms with E-state index in [2.05, 4.69) is 10.5 Å². The number of sulfonamides is 1. The number of anilines is 1. The van der Waals surface area contributed by atoms with Gasteiger partial charge in [0.05, 0.1) is 10.6 Å². The van der Waals surface area contributed by atoms with E-state index in [1.807, 2.05) is 6.92 Å². The van der Waals surface area contributed by atoms with Gasteiger partial charge in [-0.25, -0.2) is 18.2 Å². The third-order valence-electron chi connectivity index (χ3n) is 5.28. The molecule has 166 valence electrons. The van der Waals surface area contributed by atoms with Gasteiger partial charge in [-0.3, -0.25) is 9.10 Å². The predicted molar refractivity (Wildman–Crippen MR) is 120 cm³/mol. The van der Waals surface area contributed by atoms with Crippen LogP contribution in [-0.2, 0) is 14.8 Å². The van der Waals surface area contributed by atoms with Crippen LogP contribution in [0.4, 0.5) is 10.1 Å². The third kappa shape index (κ3) is 6.37. The van der Waals surface area contributed by atoms with Crippen molar-refractivity contribution in [1.82, 2.24) is 5.43 Å². The van der Waals surface area contributed by atoms with E-state index < -0.39 is 28.3 Å². The number of aryl methyl sites for hydroxylation is 1. The molecule has 1 aliphatic carbocycles. The first-order valence-electron chi connectivity index (χ1n) is 10.6. The van der Waals surface area contributed by atoms with E-state index in [1.165, 1.54) is 18.6 Å². The largest absolute Gasteiger partial charge is 0.271 e. The Labute approximate surface area is 183 Å². The second-order valence-electron chi connectivity index (χ2n) is 7.78. The molecule has 0 atom stereocenters. The van der Waals surface area contributed by atoms with Crippen LogP contribution in [-0.4, -0.2) is 26.6 Å². The van der Waals surface area contributed by atoms with Gasteiger partial charge in [0.15, 0.2) is 0 Å². The van der Waals surface area contributed by atoms with Gasteiger partial charge in [-0.1, -0.05) is 37.0 Å². The van der Waals surface area contributed by atoms with Gasteiger partial charge in [0.1, 0.15) is 12.4 Å². The Bertz CT molecular complexity index is 1010. The van der Waals surface area contributed by atoms with Crippen molar-refractivity contribution in [1.29, 1.82) is 0 Å². The average molecular weight is 446 g/mol. The second kappa shape index (κ2) is 10.5. The van der Waals surface area contributed by atoms with Crippen molar-refractivity contribution in [3.05, 3.63) is 59.9 Å². The zero-order valence-electron chi connectivity index (χ0n) is 17.7. The summed E-state index contributed by atoms with van der Waals surface area (Å²) in [5.74, 6) is -1.06. The summed E-state index contributed by atoms with van der Waals surface area (Å²) in [6.07, 6.45) is 7.32. The quantitative estimate of drug-likeness (QED) is 0.663. The van der Waals surface area contributed by atoms with Gasteiger partial charge in [0.2, 0.25) is 0 Å². The highest BCUT2D eigenvalue weighted by atomic mass is 32.2. The molecule has 1 aliphatic rings. The smallest absolute Gasteiger partial charge is 0.264 e. The number of carbonyl (C=O) groups excluding carboxylic acids is 1. The van der Waals surface area contributed by atoms with Crippen molar-refractivity contribution < 1.29 is 17.6 Å². The van der Waals surface area contributed by atoms with Crippen molar-refractivity contribution in [2.24, 2.45) is 5.10 Å². The molecule has 0 unspecified atom stereocenters. The van der Waals surface area contributed by atoms with Gasteiger partial charge in [-0.2, -0.15) is 5.10 Å². The van der Waals surface area contributed by atoms with E-state index in [1.54, 1.807) is 24.3 Å². The first-order chi connectivity index (χ1) is 14.9. The lowest BCUT2D eigenvalue weighted by atomic mass is 9.99. The number of hydrogen-bond acceptors (Lipinski definition) is 4. The van der Waals surface area contributed by atoms with Gasteiger partial charge >= 0.3 is 0 Å². The summed E-state index contributed by atoms with van der Waals surface area (Å²) >= 11 is 0. The van der Waals surface area contributed by atoms with E-state index in [9.17, 15) is 17.6 Å². The molecular formula is C23H28FN3O3S. The summed E-state index contributed by atoms with van der Waals surface area (Å²) in [4.78, 5) is 12.5. The summed E-state index contributed by atoms with van der Waals surface area (Å²) in [5.41, 5.74) is 4.78. The lowest BCUT2D eigenvalue weighted by Crippen LogP contribution is -2.39. The molecule has 8 heteroatoms. The number of carbonyl (C=O) groups is 1. The molecule has 2 aromatic rings. The Hall–Kier alpha value is -2.74. The molecule has 0 heterocycles. The van der Waals surface area contributed by atoms with Crippen LogP contribution >= 0.6 is 0 Å². The molecule has 3 rings (SSSR count). The standard InChI is InChI=1S/C23H28FN3O3S/c1-18-9-13-21(14-10-18)27(31(29,30)22-15-11-19(24)12-16-22)17-23(28)26-25-20-7-5-3-2-4-6-8-20/h9-16H,2-8,17H2,1H3,(H,26,28). The number of amides is 1. The molecular weight excluding hydrogens is 417 g/mol. The van der Waals surface area contributed by atoms with Crippen molar-refractivity contribution in [2.75, 3.05) is 10.8 Å². The molecule has 1 fully saturated rings. The maximum atomic E-state index is 13.3. The molecule has 1 amide bonds. The van der Waals surface area contributed by atoms with Crippen LogP contribution < -0.4 is 9.73 Å². The first-order valence-corrected chi connectivity index (χ1v) is 12.0. The van der Waals surface area contributed by atoms with Crippen molar-refractivity contribution in [3.63, 3.8) is 0 Å². The van der Waals surface area contributed by atoms with E-state index >= 15 is 0 Å². The summed E-state index contributed by atoms with van der Waals surface area (Å²) < 4.78 is 40.8. The summed E-state index contributed by atoms with van der Waals surface area (Å²) in [5, 5.41) is 4.26. The van der Waals surface area contributed by atoms with Gasteiger partial charge in [0, 0.05) is 5.71 Å². The molecule has 0 aliphatic heterocycles. The monoisotopic (exact) mass is 445 g/mol. The number of nitrogens with one attached hydrogen (secondary N) is 1. The molecule has 31 heavy (non-hydrogen) atoms. The Morgan fingerprint density at radius 3 is 2.16 bits per heavy atom. The van der Waals surface area contributed by atoms with Gasteiger partial charge in [-0.15, -0.1) is 0 Å². The first kappa shape index (κ1) is 22.9. The van der Waals surface area contributed by atoms with E-state index in [4.69, 9.17) is 0 Å². The minimum absolute atomic E-state index is 0.0893. The molecule has 0 aromatic heterocycles. The van der Waals surface area contributed by atoms with Crippen LogP contribution in [0.1, 0.15) is 50.5 Å². The maximum absolute atomic E-state index is 13.3.